The van der Waals surface area contributed by atoms with Crippen molar-refractivity contribution >= 4 is 11.8 Å². The lowest BCUT2D eigenvalue weighted by Crippen LogP contribution is -2.43. The highest BCUT2D eigenvalue weighted by atomic mass is 16.5. The number of amides is 2. The van der Waals surface area contributed by atoms with Gasteiger partial charge in [0, 0.05) is 11.1 Å². The summed E-state index contributed by atoms with van der Waals surface area (Å²) in [5.74, 6) is 0.763. The van der Waals surface area contributed by atoms with Crippen LogP contribution in [0.3, 0.4) is 0 Å². The minimum absolute atomic E-state index is 0.0501. The SMILES string of the molecule is CC(C)(C)NC(=O)COc1ccc(OCC(=O)NC(C)(C)C)cc1. The molecule has 0 heterocycles. The number of hydrogen-bond acceptors (Lipinski definition) is 4. The second-order valence-electron chi connectivity index (χ2n) is 7.65. The topological polar surface area (TPSA) is 76.7 Å². The molecule has 0 atom stereocenters. The fraction of sp³-hybridized carbons (Fsp3) is 0.556. The van der Waals surface area contributed by atoms with Crippen molar-refractivity contribution in [3.63, 3.8) is 0 Å². The highest BCUT2D eigenvalue weighted by molar-refractivity contribution is 5.78. The molecule has 0 saturated heterocycles. The van der Waals surface area contributed by atoms with Crippen LogP contribution in [-0.4, -0.2) is 36.1 Å². The summed E-state index contributed by atoms with van der Waals surface area (Å²) in [6.07, 6.45) is 0. The van der Waals surface area contributed by atoms with Gasteiger partial charge in [-0.15, -0.1) is 0 Å². The third-order valence-corrected chi connectivity index (χ3v) is 2.59. The van der Waals surface area contributed by atoms with Gasteiger partial charge in [0.1, 0.15) is 11.5 Å². The maximum Gasteiger partial charge on any atom is 0.258 e. The molecule has 1 rings (SSSR count). The van der Waals surface area contributed by atoms with E-state index in [0.29, 0.717) is 11.5 Å². The molecule has 0 aliphatic carbocycles. The van der Waals surface area contributed by atoms with Crippen LogP contribution in [0, 0.1) is 0 Å². The van der Waals surface area contributed by atoms with Crippen molar-refractivity contribution in [3.05, 3.63) is 24.3 Å². The standard InChI is InChI=1S/C18H28N2O4/c1-17(2,3)19-15(21)11-23-13-7-9-14(10-8-13)24-12-16(22)20-18(4,5)6/h7-10H,11-12H2,1-6H3,(H,19,21)(H,20,22). The smallest absolute Gasteiger partial charge is 0.258 e. The number of ether oxygens (including phenoxy) is 2. The van der Waals surface area contributed by atoms with Gasteiger partial charge in [0.05, 0.1) is 0 Å². The van der Waals surface area contributed by atoms with Crippen LogP contribution in [0.1, 0.15) is 41.5 Å². The highest BCUT2D eigenvalue weighted by Gasteiger charge is 2.15. The Morgan fingerprint density at radius 1 is 0.750 bits per heavy atom. The Bertz CT molecular complexity index is 503. The average molecular weight is 336 g/mol. The molecule has 0 fully saturated rings. The second-order valence-corrected chi connectivity index (χ2v) is 7.65. The van der Waals surface area contributed by atoms with E-state index in [1.807, 2.05) is 41.5 Å². The second kappa shape index (κ2) is 8.04. The van der Waals surface area contributed by atoms with Crippen molar-refractivity contribution in [1.82, 2.24) is 10.6 Å². The molecule has 0 saturated carbocycles. The number of nitrogens with one attached hydrogen (secondary N) is 2. The first-order chi connectivity index (χ1) is 10.9. The molecule has 2 amide bonds. The van der Waals surface area contributed by atoms with Gasteiger partial charge in [-0.2, -0.15) is 0 Å². The van der Waals surface area contributed by atoms with Gasteiger partial charge in [-0.1, -0.05) is 0 Å². The molecule has 6 nitrogen and oxygen atoms in total. The predicted octanol–water partition coefficient (Wildman–Crippen LogP) is 2.27. The Hall–Kier alpha value is -2.24. The molecule has 0 aromatic heterocycles. The quantitative estimate of drug-likeness (QED) is 0.835. The van der Waals surface area contributed by atoms with Gasteiger partial charge in [0.25, 0.3) is 11.8 Å². The molecule has 1 aromatic rings. The van der Waals surface area contributed by atoms with Crippen molar-refractivity contribution in [3.8, 4) is 11.5 Å². The molecule has 0 radical (unpaired) electrons. The van der Waals surface area contributed by atoms with Crippen molar-refractivity contribution < 1.29 is 19.1 Å². The van der Waals surface area contributed by atoms with Gasteiger partial charge < -0.3 is 20.1 Å². The van der Waals surface area contributed by atoms with E-state index in [0.717, 1.165) is 0 Å². The fourth-order valence-corrected chi connectivity index (χ4v) is 1.84. The lowest BCUT2D eigenvalue weighted by molar-refractivity contribution is -0.125. The van der Waals surface area contributed by atoms with Crippen molar-refractivity contribution in [2.45, 2.75) is 52.6 Å². The minimum atomic E-state index is -0.286. The van der Waals surface area contributed by atoms with Gasteiger partial charge in [0.2, 0.25) is 0 Å². The summed E-state index contributed by atoms with van der Waals surface area (Å²) in [6.45, 7) is 11.4. The number of hydrogen-bond donors (Lipinski definition) is 2. The molecule has 24 heavy (non-hydrogen) atoms. The van der Waals surface area contributed by atoms with E-state index >= 15 is 0 Å². The van der Waals surface area contributed by atoms with Crippen LogP contribution < -0.4 is 20.1 Å². The molecular formula is C18H28N2O4. The number of carbonyl (C=O) groups is 2. The zero-order valence-corrected chi connectivity index (χ0v) is 15.4. The van der Waals surface area contributed by atoms with Crippen LogP contribution in [0.4, 0.5) is 0 Å². The predicted molar refractivity (Wildman–Crippen MR) is 93.2 cm³/mol. The number of benzene rings is 1. The summed E-state index contributed by atoms with van der Waals surface area (Å²) in [5.41, 5.74) is -0.572. The Kier molecular flexibility index (Phi) is 6.63. The average Bonchev–Trinajstić information content (AvgIpc) is 2.40. The van der Waals surface area contributed by atoms with Gasteiger partial charge in [-0.25, -0.2) is 0 Å². The summed E-state index contributed by atoms with van der Waals surface area (Å²) in [7, 11) is 0. The molecule has 0 bridgehead atoms. The molecule has 0 spiro atoms. The maximum atomic E-state index is 11.7. The Balaban J connectivity index is 2.41. The van der Waals surface area contributed by atoms with Crippen LogP contribution in [0.25, 0.3) is 0 Å². The largest absolute Gasteiger partial charge is 0.484 e. The third kappa shape index (κ3) is 9.02. The summed E-state index contributed by atoms with van der Waals surface area (Å²) in [6, 6.07) is 6.78. The third-order valence-electron chi connectivity index (χ3n) is 2.59. The zero-order valence-electron chi connectivity index (χ0n) is 15.4. The van der Waals surface area contributed by atoms with Gasteiger partial charge >= 0.3 is 0 Å². The molecule has 0 aliphatic rings. The van der Waals surface area contributed by atoms with E-state index in [1.54, 1.807) is 24.3 Å². The monoisotopic (exact) mass is 336 g/mol. The molecular weight excluding hydrogens is 308 g/mol. The van der Waals surface area contributed by atoms with E-state index in [9.17, 15) is 9.59 Å². The molecule has 1 aromatic carbocycles. The van der Waals surface area contributed by atoms with Crippen LogP contribution in [0.5, 0.6) is 11.5 Å². The van der Waals surface area contributed by atoms with Crippen molar-refractivity contribution in [2.75, 3.05) is 13.2 Å². The first kappa shape index (κ1) is 19.8. The van der Waals surface area contributed by atoms with E-state index in [1.165, 1.54) is 0 Å². The van der Waals surface area contributed by atoms with Gasteiger partial charge in [-0.05, 0) is 65.8 Å². The summed E-state index contributed by atoms with van der Waals surface area (Å²) < 4.78 is 10.8. The lowest BCUT2D eigenvalue weighted by atomic mass is 10.1. The molecule has 6 heteroatoms. The van der Waals surface area contributed by atoms with Crippen LogP contribution in [0.2, 0.25) is 0 Å². The van der Waals surface area contributed by atoms with Gasteiger partial charge in [-0.3, -0.25) is 9.59 Å². The van der Waals surface area contributed by atoms with Gasteiger partial charge in [0.15, 0.2) is 13.2 Å². The lowest BCUT2D eigenvalue weighted by Gasteiger charge is -2.20. The number of carbonyl (C=O) groups excluding carboxylic acids is 2. The Morgan fingerprint density at radius 2 is 1.04 bits per heavy atom. The highest BCUT2D eigenvalue weighted by Crippen LogP contribution is 2.17. The van der Waals surface area contributed by atoms with Crippen molar-refractivity contribution in [1.29, 1.82) is 0 Å². The Labute approximate surface area is 143 Å². The summed E-state index contributed by atoms with van der Waals surface area (Å²) in [5, 5.41) is 5.64. The normalized spacial score (nSPS) is 11.6. The first-order valence-corrected chi connectivity index (χ1v) is 7.92. The van der Waals surface area contributed by atoms with Crippen LogP contribution in [-0.2, 0) is 9.59 Å². The van der Waals surface area contributed by atoms with E-state index in [4.69, 9.17) is 9.47 Å². The fourth-order valence-electron chi connectivity index (χ4n) is 1.84. The van der Waals surface area contributed by atoms with E-state index < -0.39 is 0 Å². The maximum absolute atomic E-state index is 11.7. The first-order valence-electron chi connectivity index (χ1n) is 7.92. The summed E-state index contributed by atoms with van der Waals surface area (Å²) in [4.78, 5) is 23.4. The van der Waals surface area contributed by atoms with E-state index in [2.05, 4.69) is 10.6 Å². The number of rotatable bonds is 6. The Morgan fingerprint density at radius 3 is 1.29 bits per heavy atom. The van der Waals surface area contributed by atoms with Crippen molar-refractivity contribution in [2.24, 2.45) is 0 Å². The molecule has 2 N–H and O–H groups in total. The zero-order chi connectivity index (χ0) is 18.4. The molecule has 0 unspecified atom stereocenters. The molecule has 134 valence electrons. The van der Waals surface area contributed by atoms with Crippen LogP contribution in [0.15, 0.2) is 24.3 Å². The van der Waals surface area contributed by atoms with Crippen LogP contribution >= 0.6 is 0 Å². The summed E-state index contributed by atoms with van der Waals surface area (Å²) >= 11 is 0. The van der Waals surface area contributed by atoms with E-state index in [-0.39, 0.29) is 36.1 Å². The molecule has 0 aliphatic heterocycles. The minimum Gasteiger partial charge on any atom is -0.484 e.